The lowest BCUT2D eigenvalue weighted by atomic mass is 10.2. The van der Waals surface area contributed by atoms with Crippen LogP contribution < -0.4 is 0 Å². The van der Waals surface area contributed by atoms with E-state index in [0.29, 0.717) is 10.5 Å². The predicted octanol–water partition coefficient (Wildman–Crippen LogP) is 3.40. The molecule has 0 N–H and O–H groups in total. The van der Waals surface area contributed by atoms with Crippen molar-refractivity contribution in [3.63, 3.8) is 0 Å². The molecule has 1 aromatic heterocycles. The summed E-state index contributed by atoms with van der Waals surface area (Å²) < 4.78 is 14.8. The number of nitrogens with zero attached hydrogens (tertiary/aromatic N) is 2. The number of rotatable bonds is 3. The molecule has 1 aromatic carbocycles. The van der Waals surface area contributed by atoms with Crippen LogP contribution >= 0.6 is 11.8 Å². The fourth-order valence-corrected chi connectivity index (χ4v) is 2.99. The molecule has 4 nitrogen and oxygen atoms in total. The molecule has 2 amide bonds. The minimum absolute atomic E-state index is 0.148. The van der Waals surface area contributed by atoms with Crippen LogP contribution in [0.2, 0.25) is 0 Å². The summed E-state index contributed by atoms with van der Waals surface area (Å²) >= 11 is 0.922. The molecule has 3 rings (SSSR count). The molecule has 0 unspecified atom stereocenters. The van der Waals surface area contributed by atoms with Gasteiger partial charge in [0.25, 0.3) is 11.1 Å². The van der Waals surface area contributed by atoms with E-state index in [1.807, 2.05) is 29.9 Å². The Morgan fingerprint density at radius 2 is 1.91 bits per heavy atom. The van der Waals surface area contributed by atoms with Gasteiger partial charge in [0, 0.05) is 18.9 Å². The summed E-state index contributed by atoms with van der Waals surface area (Å²) in [6.07, 6.45) is 3.57. The van der Waals surface area contributed by atoms with Gasteiger partial charge in [-0.1, -0.05) is 12.1 Å². The smallest absolute Gasteiger partial charge is 0.293 e. The summed E-state index contributed by atoms with van der Waals surface area (Å²) in [5, 5.41) is -0.310. The van der Waals surface area contributed by atoms with Crippen LogP contribution in [-0.4, -0.2) is 20.6 Å². The second-order valence-electron chi connectivity index (χ2n) is 4.94. The van der Waals surface area contributed by atoms with E-state index in [-0.39, 0.29) is 23.5 Å². The van der Waals surface area contributed by atoms with Crippen molar-refractivity contribution in [3.05, 3.63) is 64.6 Å². The van der Waals surface area contributed by atoms with E-state index >= 15 is 0 Å². The third kappa shape index (κ3) is 2.82. The highest BCUT2D eigenvalue weighted by atomic mass is 32.2. The molecule has 1 fully saturated rings. The predicted molar refractivity (Wildman–Crippen MR) is 83.3 cm³/mol. The molecule has 1 aliphatic rings. The number of hydrogen-bond donors (Lipinski definition) is 0. The molecule has 1 aliphatic heterocycles. The van der Waals surface area contributed by atoms with Gasteiger partial charge in [-0.2, -0.15) is 0 Å². The molecule has 22 heavy (non-hydrogen) atoms. The Balaban J connectivity index is 1.81. The summed E-state index contributed by atoms with van der Waals surface area (Å²) in [7, 11) is 1.87. The van der Waals surface area contributed by atoms with Crippen LogP contribution in [0.1, 0.15) is 11.3 Å². The molecule has 0 bridgehead atoms. The Hall–Kier alpha value is -2.34. The summed E-state index contributed by atoms with van der Waals surface area (Å²) in [4.78, 5) is 26.0. The maximum absolute atomic E-state index is 12.9. The molecular weight excluding hydrogens is 303 g/mol. The van der Waals surface area contributed by atoms with E-state index in [1.54, 1.807) is 18.2 Å². The van der Waals surface area contributed by atoms with Crippen molar-refractivity contribution in [1.29, 1.82) is 0 Å². The van der Waals surface area contributed by atoms with Gasteiger partial charge < -0.3 is 4.57 Å². The molecule has 2 heterocycles. The number of amides is 2. The molecule has 1 saturated heterocycles. The monoisotopic (exact) mass is 316 g/mol. The average Bonchev–Trinajstić information content (AvgIpc) is 3.00. The first kappa shape index (κ1) is 14.6. The first-order valence-electron chi connectivity index (χ1n) is 6.66. The molecule has 0 spiro atoms. The number of imide groups is 1. The van der Waals surface area contributed by atoms with Gasteiger partial charge in [0.15, 0.2) is 0 Å². The third-order valence-corrected chi connectivity index (χ3v) is 4.30. The number of benzene rings is 1. The van der Waals surface area contributed by atoms with Crippen LogP contribution in [0.15, 0.2) is 47.5 Å². The van der Waals surface area contributed by atoms with E-state index in [0.717, 1.165) is 17.5 Å². The standard InChI is InChI=1S/C16H13FN2O2S/c1-18-8-2-3-13(18)9-14-15(20)19(16(21)22-14)10-11-4-6-12(17)7-5-11/h2-9H,10H2,1H3/b14-9-. The first-order chi connectivity index (χ1) is 10.5. The van der Waals surface area contributed by atoms with E-state index in [1.165, 1.54) is 17.0 Å². The van der Waals surface area contributed by atoms with E-state index in [9.17, 15) is 14.0 Å². The average molecular weight is 316 g/mol. The number of carbonyl (C=O) groups excluding carboxylic acids is 2. The Bertz CT molecular complexity index is 765. The zero-order chi connectivity index (χ0) is 15.7. The number of aryl methyl sites for hydroxylation is 1. The maximum Gasteiger partial charge on any atom is 0.293 e. The Labute approximate surface area is 131 Å². The van der Waals surface area contributed by atoms with Gasteiger partial charge in [0.05, 0.1) is 11.4 Å². The second kappa shape index (κ2) is 5.81. The van der Waals surface area contributed by atoms with Crippen LogP contribution in [0, 0.1) is 5.82 Å². The molecule has 6 heteroatoms. The van der Waals surface area contributed by atoms with Crippen molar-refractivity contribution >= 4 is 29.0 Å². The van der Waals surface area contributed by atoms with Gasteiger partial charge >= 0.3 is 0 Å². The first-order valence-corrected chi connectivity index (χ1v) is 7.47. The van der Waals surface area contributed by atoms with Crippen molar-refractivity contribution in [3.8, 4) is 0 Å². The largest absolute Gasteiger partial charge is 0.351 e. The normalized spacial score (nSPS) is 16.8. The molecule has 112 valence electrons. The minimum atomic E-state index is -0.346. The highest BCUT2D eigenvalue weighted by Gasteiger charge is 2.35. The summed E-state index contributed by atoms with van der Waals surface area (Å²) in [5.74, 6) is -0.665. The van der Waals surface area contributed by atoms with Crippen LogP contribution in [0.5, 0.6) is 0 Å². The van der Waals surface area contributed by atoms with Crippen LogP contribution in [0.3, 0.4) is 0 Å². The van der Waals surface area contributed by atoms with E-state index < -0.39 is 0 Å². The number of hydrogen-bond acceptors (Lipinski definition) is 3. The molecule has 0 atom stereocenters. The Kier molecular flexibility index (Phi) is 3.85. The number of thioether (sulfide) groups is 1. The minimum Gasteiger partial charge on any atom is -0.351 e. The topological polar surface area (TPSA) is 42.3 Å². The second-order valence-corrected chi connectivity index (χ2v) is 5.93. The summed E-state index contributed by atoms with van der Waals surface area (Å²) in [5.41, 5.74) is 1.57. The van der Waals surface area contributed by atoms with Crippen LogP contribution in [-0.2, 0) is 18.4 Å². The molecule has 2 aromatic rings. The van der Waals surface area contributed by atoms with Crippen molar-refractivity contribution in [2.45, 2.75) is 6.54 Å². The maximum atomic E-state index is 12.9. The highest BCUT2D eigenvalue weighted by Crippen LogP contribution is 2.33. The van der Waals surface area contributed by atoms with Gasteiger partial charge in [-0.05, 0) is 47.7 Å². The Morgan fingerprint density at radius 1 is 1.18 bits per heavy atom. The lowest BCUT2D eigenvalue weighted by molar-refractivity contribution is -0.123. The number of carbonyl (C=O) groups is 2. The highest BCUT2D eigenvalue weighted by molar-refractivity contribution is 8.18. The lowest BCUT2D eigenvalue weighted by Crippen LogP contribution is -2.27. The van der Waals surface area contributed by atoms with E-state index in [4.69, 9.17) is 0 Å². The fourth-order valence-electron chi connectivity index (χ4n) is 2.17. The van der Waals surface area contributed by atoms with Crippen molar-refractivity contribution in [2.24, 2.45) is 7.05 Å². The fraction of sp³-hybridized carbons (Fsp3) is 0.125. The third-order valence-electron chi connectivity index (χ3n) is 3.39. The van der Waals surface area contributed by atoms with Gasteiger partial charge in [-0.25, -0.2) is 4.39 Å². The zero-order valence-electron chi connectivity index (χ0n) is 11.8. The summed E-state index contributed by atoms with van der Waals surface area (Å²) in [6, 6.07) is 9.50. The quantitative estimate of drug-likeness (QED) is 0.815. The zero-order valence-corrected chi connectivity index (χ0v) is 12.6. The molecule has 0 aliphatic carbocycles. The van der Waals surface area contributed by atoms with Gasteiger partial charge in [0.1, 0.15) is 5.82 Å². The van der Waals surface area contributed by atoms with Gasteiger partial charge in [-0.3, -0.25) is 14.5 Å². The summed E-state index contributed by atoms with van der Waals surface area (Å²) in [6.45, 7) is 0.148. The van der Waals surface area contributed by atoms with Crippen molar-refractivity contribution in [2.75, 3.05) is 0 Å². The van der Waals surface area contributed by atoms with Gasteiger partial charge in [0.2, 0.25) is 0 Å². The number of halogens is 1. The SMILES string of the molecule is Cn1cccc1/C=C1\SC(=O)N(Cc2ccc(F)cc2)C1=O. The van der Waals surface area contributed by atoms with E-state index in [2.05, 4.69) is 0 Å². The van der Waals surface area contributed by atoms with Crippen molar-refractivity contribution < 1.29 is 14.0 Å². The lowest BCUT2D eigenvalue weighted by Gasteiger charge is -2.12. The number of aromatic nitrogens is 1. The Morgan fingerprint density at radius 3 is 2.55 bits per heavy atom. The van der Waals surface area contributed by atoms with Crippen LogP contribution in [0.4, 0.5) is 9.18 Å². The van der Waals surface area contributed by atoms with Crippen molar-refractivity contribution in [1.82, 2.24) is 9.47 Å². The molecule has 0 saturated carbocycles. The molecular formula is C16H13FN2O2S. The molecule has 0 radical (unpaired) electrons. The van der Waals surface area contributed by atoms with Gasteiger partial charge in [-0.15, -0.1) is 0 Å². The van der Waals surface area contributed by atoms with Crippen LogP contribution in [0.25, 0.3) is 6.08 Å².